The minimum Gasteiger partial charge on any atom is -0.377 e. The zero-order chi connectivity index (χ0) is 28.3. The van der Waals surface area contributed by atoms with Gasteiger partial charge >= 0.3 is 0 Å². The van der Waals surface area contributed by atoms with Crippen LogP contribution < -0.4 is 20.5 Å². The third-order valence-electron chi connectivity index (χ3n) is 8.02. The molecule has 3 atom stereocenters. The molecule has 0 spiro atoms. The molecular formula is C28H31ClN8O2S. The van der Waals surface area contributed by atoms with Crippen molar-refractivity contribution in [1.82, 2.24) is 29.0 Å². The van der Waals surface area contributed by atoms with Crippen molar-refractivity contribution < 1.29 is 4.79 Å². The van der Waals surface area contributed by atoms with Gasteiger partial charge in [0.25, 0.3) is 11.5 Å². The van der Waals surface area contributed by atoms with E-state index in [1.54, 1.807) is 30.0 Å². The molecular weight excluding hydrogens is 548 g/mol. The number of amides is 1. The van der Waals surface area contributed by atoms with Crippen molar-refractivity contribution in [3.63, 3.8) is 0 Å². The summed E-state index contributed by atoms with van der Waals surface area (Å²) in [5.74, 6) is 1.32. The van der Waals surface area contributed by atoms with Crippen molar-refractivity contribution in [3.05, 3.63) is 74.6 Å². The SMILES string of the molecule is CSNC(=O)c1nc(Cl)ccc1NC(C)c1cc(C)cc2c(=O)n(C)c(N3CC4C(C3)C4n3nccc3C)nc12. The Kier molecular flexibility index (Phi) is 6.74. The summed E-state index contributed by atoms with van der Waals surface area (Å²) in [6, 6.07) is 9.49. The summed E-state index contributed by atoms with van der Waals surface area (Å²) in [6.45, 7) is 7.71. The molecule has 6 rings (SSSR count). The lowest BCUT2D eigenvalue weighted by atomic mass is 10.0. The maximum atomic E-state index is 13.6. The van der Waals surface area contributed by atoms with E-state index >= 15 is 0 Å². The Balaban J connectivity index is 1.34. The minimum atomic E-state index is -0.343. The maximum absolute atomic E-state index is 13.6. The third-order valence-corrected chi connectivity index (χ3v) is 8.62. The Morgan fingerprint density at radius 2 is 1.90 bits per heavy atom. The smallest absolute Gasteiger partial charge is 0.281 e. The highest BCUT2D eigenvalue weighted by Gasteiger charge is 2.58. The average Bonchev–Trinajstić information content (AvgIpc) is 3.22. The first-order valence-corrected chi connectivity index (χ1v) is 14.8. The normalized spacial score (nSPS) is 20.4. The van der Waals surface area contributed by atoms with Gasteiger partial charge in [0.1, 0.15) is 5.15 Å². The van der Waals surface area contributed by atoms with Crippen molar-refractivity contribution in [1.29, 1.82) is 0 Å². The number of halogens is 1. The summed E-state index contributed by atoms with van der Waals surface area (Å²) in [5, 5.41) is 8.73. The molecule has 1 saturated heterocycles. The topological polar surface area (TPSA) is 110 Å². The summed E-state index contributed by atoms with van der Waals surface area (Å²) >= 11 is 7.29. The summed E-state index contributed by atoms with van der Waals surface area (Å²) in [6.07, 6.45) is 3.62. The van der Waals surface area contributed by atoms with E-state index in [1.165, 1.54) is 17.6 Å². The van der Waals surface area contributed by atoms with Crippen LogP contribution in [0, 0.1) is 25.7 Å². The predicted molar refractivity (Wildman–Crippen MR) is 159 cm³/mol. The van der Waals surface area contributed by atoms with Crippen LogP contribution in [0.3, 0.4) is 0 Å². The number of benzene rings is 1. The molecule has 1 aromatic carbocycles. The number of carbonyl (C=O) groups is 1. The molecule has 2 fully saturated rings. The summed E-state index contributed by atoms with van der Waals surface area (Å²) in [7, 11) is 1.79. The van der Waals surface area contributed by atoms with Crippen LogP contribution in [-0.4, -0.2) is 49.6 Å². The van der Waals surface area contributed by atoms with Crippen LogP contribution >= 0.6 is 23.5 Å². The van der Waals surface area contributed by atoms with Gasteiger partial charge < -0.3 is 10.2 Å². The van der Waals surface area contributed by atoms with E-state index in [1.807, 2.05) is 38.2 Å². The van der Waals surface area contributed by atoms with Gasteiger partial charge in [-0.3, -0.25) is 23.6 Å². The van der Waals surface area contributed by atoms with Crippen molar-refractivity contribution in [2.45, 2.75) is 32.9 Å². The van der Waals surface area contributed by atoms with Crippen molar-refractivity contribution >= 4 is 52.0 Å². The van der Waals surface area contributed by atoms with Crippen LogP contribution in [0.1, 0.15) is 46.3 Å². The van der Waals surface area contributed by atoms with Gasteiger partial charge in [-0.1, -0.05) is 29.6 Å². The molecule has 4 heterocycles. The molecule has 40 heavy (non-hydrogen) atoms. The number of aryl methyl sites for hydroxylation is 2. The zero-order valence-electron chi connectivity index (χ0n) is 23.0. The van der Waals surface area contributed by atoms with E-state index in [2.05, 4.69) is 36.6 Å². The van der Waals surface area contributed by atoms with Crippen LogP contribution in [-0.2, 0) is 7.05 Å². The number of fused-ring (bicyclic) bond motifs is 2. The number of hydrogen-bond acceptors (Lipinski definition) is 8. The van der Waals surface area contributed by atoms with E-state index in [0.29, 0.717) is 40.4 Å². The lowest BCUT2D eigenvalue weighted by Crippen LogP contribution is -2.33. The second kappa shape index (κ2) is 10.1. The van der Waals surface area contributed by atoms with E-state index in [-0.39, 0.29) is 28.4 Å². The molecule has 2 N–H and O–H groups in total. The van der Waals surface area contributed by atoms with Gasteiger partial charge in [-0.25, -0.2) is 9.97 Å². The molecule has 1 amide bonds. The number of anilines is 2. The maximum Gasteiger partial charge on any atom is 0.281 e. The van der Waals surface area contributed by atoms with E-state index in [9.17, 15) is 9.59 Å². The molecule has 0 bridgehead atoms. The Labute approximate surface area is 241 Å². The second-order valence-corrected chi connectivity index (χ2v) is 11.7. The summed E-state index contributed by atoms with van der Waals surface area (Å²) in [5.41, 5.74) is 4.32. The summed E-state index contributed by atoms with van der Waals surface area (Å²) in [4.78, 5) is 37.8. The number of hydrogen-bond donors (Lipinski definition) is 2. The minimum absolute atomic E-state index is 0.0783. The Morgan fingerprint density at radius 1 is 1.15 bits per heavy atom. The molecule has 1 aliphatic carbocycles. The monoisotopic (exact) mass is 578 g/mol. The zero-order valence-corrected chi connectivity index (χ0v) is 24.5. The van der Waals surface area contributed by atoms with Gasteiger partial charge in [-0.15, -0.1) is 0 Å². The molecule has 208 valence electrons. The van der Waals surface area contributed by atoms with Crippen LogP contribution in [0.25, 0.3) is 10.9 Å². The fraction of sp³-hybridized carbons (Fsp3) is 0.393. The Hall–Kier alpha value is -3.57. The highest BCUT2D eigenvalue weighted by atomic mass is 35.5. The molecule has 3 aromatic heterocycles. The van der Waals surface area contributed by atoms with Gasteiger partial charge in [-0.2, -0.15) is 5.10 Å². The molecule has 3 unspecified atom stereocenters. The number of carbonyl (C=O) groups excluding carboxylic acids is 1. The van der Waals surface area contributed by atoms with Gasteiger partial charge in [0, 0.05) is 55.7 Å². The standard InChI is InChI=1S/C28H31ClN8O2S/c1-14-10-17(16(3)31-21-6-7-22(29)32-24(21)26(38)34-40-5)23-18(11-14)27(39)35(4)28(33-23)36-12-19-20(13-36)25(19)37-15(2)8-9-30-37/h6-11,16,19-20,25,31H,12-13H2,1-5H3,(H,34,38). The largest absolute Gasteiger partial charge is 0.377 e. The number of aromatic nitrogens is 5. The van der Waals surface area contributed by atoms with Crippen LogP contribution in [0.15, 0.2) is 41.3 Å². The van der Waals surface area contributed by atoms with E-state index in [0.717, 1.165) is 24.2 Å². The number of piperidine rings is 1. The molecule has 2 aliphatic rings. The van der Waals surface area contributed by atoms with Gasteiger partial charge in [-0.05, 0) is 50.6 Å². The fourth-order valence-electron chi connectivity index (χ4n) is 6.04. The number of nitrogens with one attached hydrogen (secondary N) is 2. The highest BCUT2D eigenvalue weighted by Crippen LogP contribution is 2.55. The van der Waals surface area contributed by atoms with Crippen LogP contribution in [0.2, 0.25) is 5.15 Å². The van der Waals surface area contributed by atoms with Crippen molar-refractivity contribution in [2.75, 3.05) is 29.6 Å². The van der Waals surface area contributed by atoms with Gasteiger partial charge in [0.15, 0.2) is 5.69 Å². The van der Waals surface area contributed by atoms with Crippen LogP contribution in [0.5, 0.6) is 0 Å². The van der Waals surface area contributed by atoms with Gasteiger partial charge in [0.05, 0.1) is 28.7 Å². The van der Waals surface area contributed by atoms with Crippen molar-refractivity contribution in [3.8, 4) is 0 Å². The highest BCUT2D eigenvalue weighted by molar-refractivity contribution is 7.97. The lowest BCUT2D eigenvalue weighted by molar-refractivity contribution is 0.0980. The second-order valence-electron chi connectivity index (χ2n) is 10.7. The molecule has 1 saturated carbocycles. The molecule has 1 aliphatic heterocycles. The van der Waals surface area contributed by atoms with E-state index in [4.69, 9.17) is 16.6 Å². The first-order chi connectivity index (χ1) is 19.2. The first kappa shape index (κ1) is 26.6. The quantitative estimate of drug-likeness (QED) is 0.247. The molecule has 10 nitrogen and oxygen atoms in total. The number of nitrogens with zero attached hydrogens (tertiary/aromatic N) is 6. The average molecular weight is 579 g/mol. The first-order valence-electron chi connectivity index (χ1n) is 13.2. The third kappa shape index (κ3) is 4.50. The lowest BCUT2D eigenvalue weighted by Gasteiger charge is -2.25. The summed E-state index contributed by atoms with van der Waals surface area (Å²) < 4.78 is 6.50. The van der Waals surface area contributed by atoms with Crippen LogP contribution in [0.4, 0.5) is 11.6 Å². The Bertz CT molecular complexity index is 1690. The van der Waals surface area contributed by atoms with Gasteiger partial charge in [0.2, 0.25) is 5.95 Å². The van der Waals surface area contributed by atoms with E-state index < -0.39 is 0 Å². The number of pyridine rings is 1. The van der Waals surface area contributed by atoms with Crippen molar-refractivity contribution in [2.24, 2.45) is 18.9 Å². The fourth-order valence-corrected chi connectivity index (χ4v) is 6.47. The Morgan fingerprint density at radius 3 is 2.58 bits per heavy atom. The molecule has 12 heteroatoms. The molecule has 4 aromatic rings. The number of rotatable bonds is 7. The predicted octanol–water partition coefficient (Wildman–Crippen LogP) is 4.28. The molecule has 0 radical (unpaired) electrons.